The molecule has 9 heavy (non-hydrogen) atoms. The summed E-state index contributed by atoms with van der Waals surface area (Å²) in [5.74, 6) is 0.838. The molecule has 2 heteroatoms. The molecule has 0 spiro atoms. The molecule has 54 valence electrons. The van der Waals surface area contributed by atoms with Crippen molar-refractivity contribution in [3.05, 3.63) is 6.92 Å². The molecule has 0 nitrogen and oxygen atoms in total. The predicted octanol–water partition coefficient (Wildman–Crippen LogP) is 3.22. The second kappa shape index (κ2) is 11.8. The molecule has 0 radical (unpaired) electrons. The van der Waals surface area contributed by atoms with Crippen LogP contribution in [0.2, 0.25) is 0 Å². The van der Waals surface area contributed by atoms with Crippen molar-refractivity contribution >= 4 is 17.0 Å². The van der Waals surface area contributed by atoms with E-state index in [1.807, 2.05) is 0 Å². The molecule has 1 unspecified atom stereocenters. The van der Waals surface area contributed by atoms with Crippen LogP contribution in [0.5, 0.6) is 0 Å². The van der Waals surface area contributed by atoms with Gasteiger partial charge in [-0.1, -0.05) is 32.6 Å². The van der Waals surface area contributed by atoms with Gasteiger partial charge < -0.3 is 6.92 Å². The van der Waals surface area contributed by atoms with E-state index in [2.05, 4.69) is 20.8 Å². The van der Waals surface area contributed by atoms with Gasteiger partial charge in [0.25, 0.3) is 0 Å². The molecule has 0 rings (SSSR count). The van der Waals surface area contributed by atoms with Gasteiger partial charge in [0.05, 0.1) is 0 Å². The zero-order valence-corrected chi connectivity index (χ0v) is 11.2. The number of rotatable bonds is 3. The Morgan fingerprint density at radius 3 is 2.00 bits per heavy atom. The molecule has 0 fully saturated rings. The van der Waals surface area contributed by atoms with Gasteiger partial charge in [-0.3, -0.25) is 0 Å². The van der Waals surface area contributed by atoms with Gasteiger partial charge in [-0.05, 0) is 0 Å². The molecule has 0 bridgehead atoms. The van der Waals surface area contributed by atoms with E-state index in [-0.39, 0.29) is 36.5 Å². The minimum Gasteiger partial charge on any atom is -0.343 e. The van der Waals surface area contributed by atoms with Crippen molar-refractivity contribution in [2.24, 2.45) is 5.92 Å². The van der Waals surface area contributed by atoms with Crippen molar-refractivity contribution in [3.63, 3.8) is 0 Å². The van der Waals surface area contributed by atoms with Crippen molar-refractivity contribution in [1.29, 1.82) is 0 Å². The van der Waals surface area contributed by atoms with Crippen molar-refractivity contribution < 1.29 is 19.5 Å². The molecule has 0 aromatic carbocycles. The van der Waals surface area contributed by atoms with Gasteiger partial charge in [0.15, 0.2) is 0 Å². The van der Waals surface area contributed by atoms with Crippen LogP contribution in [0.15, 0.2) is 0 Å². The molecule has 0 amide bonds. The average Bonchev–Trinajstić information content (AvgIpc) is 1.68. The summed E-state index contributed by atoms with van der Waals surface area (Å²) in [6.45, 7) is 8.27. The van der Waals surface area contributed by atoms with Gasteiger partial charge >= 0.3 is 0 Å². The summed E-state index contributed by atoms with van der Waals surface area (Å²) < 4.78 is 0. The predicted molar refractivity (Wildman–Crippen MR) is 44.4 cm³/mol. The Kier molecular flexibility index (Phi) is 21.8. The van der Waals surface area contributed by atoms with Crippen LogP contribution < -0.4 is 0 Å². The van der Waals surface area contributed by atoms with Crippen LogP contribution in [0.3, 0.4) is 0 Å². The summed E-state index contributed by atoms with van der Waals surface area (Å²) in [5.41, 5.74) is 0. The van der Waals surface area contributed by atoms with Crippen LogP contribution in [0.4, 0.5) is 0 Å². The van der Waals surface area contributed by atoms with Crippen LogP contribution in [0.1, 0.15) is 33.1 Å². The van der Waals surface area contributed by atoms with E-state index in [0.717, 1.165) is 12.3 Å². The van der Waals surface area contributed by atoms with Crippen molar-refractivity contribution in [1.82, 2.24) is 0 Å². The van der Waals surface area contributed by atoms with E-state index in [4.69, 9.17) is 0 Å². The molecule has 0 aromatic rings. The SMILES string of the molecule is Br.[CH2-]CC(C)CCC.[Zn]. The topological polar surface area (TPSA) is 0 Å². The first-order valence-corrected chi connectivity index (χ1v) is 3.10. The molecule has 0 N–H and O–H groups in total. The molecule has 1 atom stereocenters. The zero-order chi connectivity index (χ0) is 5.70. The standard InChI is InChI=1S/C7H15.BrH.Zn/c1-4-6-7(3)5-2;;/h7H,2,4-6H2,1,3H3;1H;/q-1;;. The fraction of sp³-hybridized carbons (Fsp3) is 0.857. The second-order valence-electron chi connectivity index (χ2n) is 2.18. The maximum Gasteiger partial charge on any atom is 0 e. The molecule has 0 aromatic heterocycles. The Morgan fingerprint density at radius 1 is 1.44 bits per heavy atom. The largest absolute Gasteiger partial charge is 0.343 e. The van der Waals surface area contributed by atoms with Crippen LogP contribution in [0.25, 0.3) is 0 Å². The molecular weight excluding hydrogens is 229 g/mol. The molecule has 0 aliphatic heterocycles. The van der Waals surface area contributed by atoms with E-state index < -0.39 is 0 Å². The Morgan fingerprint density at radius 2 is 1.89 bits per heavy atom. The number of halogens is 1. The fourth-order valence-electron chi connectivity index (χ4n) is 0.637. The van der Waals surface area contributed by atoms with E-state index in [1.165, 1.54) is 12.8 Å². The zero-order valence-electron chi connectivity index (χ0n) is 6.52. The molecule has 0 aliphatic carbocycles. The molecule has 0 saturated carbocycles. The second-order valence-corrected chi connectivity index (χ2v) is 2.18. The quantitative estimate of drug-likeness (QED) is 0.529. The van der Waals surface area contributed by atoms with Crippen LogP contribution in [0, 0.1) is 12.8 Å². The molecule has 0 heterocycles. The van der Waals surface area contributed by atoms with Gasteiger partial charge in [0.1, 0.15) is 0 Å². The summed E-state index contributed by atoms with van der Waals surface area (Å²) in [6.07, 6.45) is 3.73. The Hall–Kier alpha value is 1.10. The normalized spacial score (nSPS) is 11.0. The first kappa shape index (κ1) is 16.6. The van der Waals surface area contributed by atoms with Gasteiger partial charge in [-0.2, -0.15) is 6.42 Å². The van der Waals surface area contributed by atoms with Crippen molar-refractivity contribution in [2.45, 2.75) is 33.1 Å². The summed E-state index contributed by atoms with van der Waals surface area (Å²) in [6, 6.07) is 0. The third kappa shape index (κ3) is 12.3. The fourth-order valence-corrected chi connectivity index (χ4v) is 0.637. The van der Waals surface area contributed by atoms with E-state index in [1.54, 1.807) is 0 Å². The summed E-state index contributed by atoms with van der Waals surface area (Å²) >= 11 is 0. The van der Waals surface area contributed by atoms with E-state index in [9.17, 15) is 0 Å². The first-order chi connectivity index (χ1) is 3.31. The minimum absolute atomic E-state index is 0. The van der Waals surface area contributed by atoms with Crippen LogP contribution >= 0.6 is 17.0 Å². The average molecular weight is 245 g/mol. The van der Waals surface area contributed by atoms with Crippen LogP contribution in [-0.4, -0.2) is 0 Å². The Balaban J connectivity index is -0.000000180. The minimum atomic E-state index is 0. The first-order valence-electron chi connectivity index (χ1n) is 3.10. The molecule has 0 saturated heterocycles. The van der Waals surface area contributed by atoms with Gasteiger partial charge in [-0.15, -0.1) is 17.0 Å². The smallest absolute Gasteiger partial charge is 0 e. The summed E-state index contributed by atoms with van der Waals surface area (Å²) in [4.78, 5) is 0. The van der Waals surface area contributed by atoms with Gasteiger partial charge in [0, 0.05) is 19.5 Å². The van der Waals surface area contributed by atoms with Gasteiger partial charge in [0.2, 0.25) is 0 Å². The maximum absolute atomic E-state index is 3.80. The molecular formula is C7H16BrZn-. The monoisotopic (exact) mass is 243 g/mol. The maximum atomic E-state index is 3.80. The van der Waals surface area contributed by atoms with Crippen molar-refractivity contribution in [3.8, 4) is 0 Å². The summed E-state index contributed by atoms with van der Waals surface area (Å²) in [7, 11) is 0. The Bertz CT molecular complexity index is 39.9. The van der Waals surface area contributed by atoms with Crippen molar-refractivity contribution in [2.75, 3.05) is 0 Å². The third-order valence-corrected chi connectivity index (χ3v) is 1.27. The van der Waals surface area contributed by atoms with Gasteiger partial charge in [-0.25, -0.2) is 0 Å². The number of hydrogen-bond acceptors (Lipinski definition) is 0. The van der Waals surface area contributed by atoms with Crippen LogP contribution in [-0.2, 0) is 19.5 Å². The van der Waals surface area contributed by atoms with E-state index in [0.29, 0.717) is 0 Å². The third-order valence-electron chi connectivity index (χ3n) is 1.27. The number of hydrogen-bond donors (Lipinski definition) is 0. The molecule has 0 aliphatic rings. The van der Waals surface area contributed by atoms with E-state index >= 15 is 0 Å². The summed E-state index contributed by atoms with van der Waals surface area (Å²) in [5, 5.41) is 0. The Labute approximate surface area is 82.3 Å².